The van der Waals surface area contributed by atoms with Crippen molar-refractivity contribution in [1.82, 2.24) is 9.88 Å². The molecule has 0 aliphatic carbocycles. The van der Waals surface area contributed by atoms with Crippen LogP contribution in [0.3, 0.4) is 0 Å². The summed E-state index contributed by atoms with van der Waals surface area (Å²) in [7, 11) is 5.76. The Hall–Kier alpha value is -2.74. The van der Waals surface area contributed by atoms with Gasteiger partial charge in [0.15, 0.2) is 0 Å². The lowest BCUT2D eigenvalue weighted by Crippen LogP contribution is -2.17. The minimum absolute atomic E-state index is 0.235. The van der Waals surface area contributed by atoms with Gasteiger partial charge in [-0.25, -0.2) is 14.8 Å². The van der Waals surface area contributed by atoms with Crippen LogP contribution in [0.1, 0.15) is 21.5 Å². The summed E-state index contributed by atoms with van der Waals surface area (Å²) in [6, 6.07) is 12.9. The van der Waals surface area contributed by atoms with E-state index >= 15 is 0 Å². The van der Waals surface area contributed by atoms with E-state index in [9.17, 15) is 9.90 Å². The Kier molecular flexibility index (Phi) is 7.20. The summed E-state index contributed by atoms with van der Waals surface area (Å²) < 4.78 is 0. The van der Waals surface area contributed by atoms with E-state index in [2.05, 4.69) is 15.0 Å². The highest BCUT2D eigenvalue weighted by Gasteiger charge is 2.14. The van der Waals surface area contributed by atoms with E-state index in [0.29, 0.717) is 15.7 Å². The fraction of sp³-hybridized carbons (Fsp3) is 0.227. The van der Waals surface area contributed by atoms with E-state index in [1.807, 2.05) is 49.8 Å². The van der Waals surface area contributed by atoms with Crippen LogP contribution in [0, 0.1) is 0 Å². The van der Waals surface area contributed by atoms with Gasteiger partial charge < -0.3 is 10.0 Å². The maximum Gasteiger partial charge on any atom is 0.336 e. The third kappa shape index (κ3) is 5.24. The molecular formula is C22H23ClN4O2S. The van der Waals surface area contributed by atoms with Gasteiger partial charge in [0, 0.05) is 35.1 Å². The molecule has 6 nitrogen and oxygen atoms in total. The molecule has 0 spiro atoms. The molecule has 0 saturated carbocycles. The van der Waals surface area contributed by atoms with Crippen LogP contribution in [-0.4, -0.2) is 54.9 Å². The second kappa shape index (κ2) is 9.84. The van der Waals surface area contributed by atoms with Crippen molar-refractivity contribution in [2.45, 2.75) is 6.42 Å². The number of carbonyl (C=O) groups is 1. The van der Waals surface area contributed by atoms with Crippen LogP contribution >= 0.6 is 22.9 Å². The van der Waals surface area contributed by atoms with Crippen LogP contribution in [0.5, 0.6) is 0 Å². The van der Waals surface area contributed by atoms with Crippen LogP contribution < -0.4 is 5.01 Å². The Balaban J connectivity index is 1.86. The normalized spacial score (nSPS) is 11.4. The maximum absolute atomic E-state index is 11.7. The number of aromatic carboxylic acids is 1. The Morgan fingerprint density at radius 1 is 1.20 bits per heavy atom. The lowest BCUT2D eigenvalue weighted by atomic mass is 9.99. The zero-order valence-corrected chi connectivity index (χ0v) is 18.6. The number of anilines is 1. The molecule has 0 atom stereocenters. The van der Waals surface area contributed by atoms with Crippen molar-refractivity contribution >= 4 is 40.3 Å². The third-order valence-corrected chi connectivity index (χ3v) is 5.77. The molecular weight excluding hydrogens is 420 g/mol. The molecule has 0 aliphatic rings. The van der Waals surface area contributed by atoms with Crippen LogP contribution in [0.4, 0.5) is 5.13 Å². The first-order chi connectivity index (χ1) is 14.4. The van der Waals surface area contributed by atoms with Gasteiger partial charge in [0.1, 0.15) is 0 Å². The summed E-state index contributed by atoms with van der Waals surface area (Å²) in [5.41, 5.74) is 3.43. The summed E-state index contributed by atoms with van der Waals surface area (Å²) in [5.74, 6) is -0.971. The Labute approximate surface area is 185 Å². The van der Waals surface area contributed by atoms with Gasteiger partial charge in [0.25, 0.3) is 0 Å². The highest BCUT2D eigenvalue weighted by Crippen LogP contribution is 2.31. The predicted molar refractivity (Wildman–Crippen MR) is 124 cm³/mol. The Morgan fingerprint density at radius 2 is 1.97 bits per heavy atom. The van der Waals surface area contributed by atoms with E-state index in [1.54, 1.807) is 30.4 Å². The number of carboxylic acid groups (broad SMARTS) is 1. The van der Waals surface area contributed by atoms with Gasteiger partial charge in [0.05, 0.1) is 17.5 Å². The first-order valence-corrected chi connectivity index (χ1v) is 10.6. The number of hydrazone groups is 1. The second-order valence-corrected chi connectivity index (χ2v) is 8.24. The van der Waals surface area contributed by atoms with Crippen LogP contribution in [0.15, 0.2) is 52.9 Å². The maximum atomic E-state index is 11.7. The average Bonchev–Trinajstić information content (AvgIpc) is 3.20. The highest BCUT2D eigenvalue weighted by molar-refractivity contribution is 7.14. The zero-order chi connectivity index (χ0) is 21.7. The van der Waals surface area contributed by atoms with Crippen LogP contribution in [0.25, 0.3) is 11.3 Å². The fourth-order valence-corrected chi connectivity index (χ4v) is 3.89. The van der Waals surface area contributed by atoms with E-state index < -0.39 is 5.97 Å². The molecule has 156 valence electrons. The molecule has 3 rings (SSSR count). The van der Waals surface area contributed by atoms with E-state index in [4.69, 9.17) is 11.6 Å². The van der Waals surface area contributed by atoms with Crippen LogP contribution in [-0.2, 0) is 6.42 Å². The van der Waals surface area contributed by atoms with Crippen molar-refractivity contribution in [1.29, 1.82) is 0 Å². The predicted octanol–water partition coefficient (Wildman–Crippen LogP) is 4.74. The third-order valence-electron chi connectivity index (χ3n) is 4.53. The number of hydrogen-bond donors (Lipinski definition) is 1. The van der Waals surface area contributed by atoms with Crippen molar-refractivity contribution in [3.63, 3.8) is 0 Å². The van der Waals surface area contributed by atoms with Gasteiger partial charge in [-0.05, 0) is 38.2 Å². The highest BCUT2D eigenvalue weighted by atomic mass is 35.5. The average molecular weight is 443 g/mol. The smallest absolute Gasteiger partial charge is 0.336 e. The minimum Gasteiger partial charge on any atom is -0.478 e. The van der Waals surface area contributed by atoms with Crippen LogP contribution in [0.2, 0.25) is 5.02 Å². The number of halogens is 1. The summed E-state index contributed by atoms with van der Waals surface area (Å²) in [6.07, 6.45) is 2.33. The summed E-state index contributed by atoms with van der Waals surface area (Å²) in [4.78, 5) is 18.4. The Bertz CT molecular complexity index is 1060. The number of aromatic nitrogens is 1. The number of likely N-dealkylation sites (N-methyl/N-ethyl adjacent to an activating group) is 1. The van der Waals surface area contributed by atoms with Gasteiger partial charge in [-0.2, -0.15) is 5.10 Å². The molecule has 0 aliphatic heterocycles. The standard InChI is InChI=1S/C22H23ClN4O2S/c1-26(2)12-11-15-7-6-9-16(21(28)29)18(15)13-24-27(3)22-25-20(14-30-22)17-8-4-5-10-19(17)23/h4-10,13-14H,11-12H2,1-3H3,(H,28,29)/b24-13+. The lowest BCUT2D eigenvalue weighted by molar-refractivity contribution is 0.0696. The molecule has 0 amide bonds. The number of nitrogens with zero attached hydrogens (tertiary/aromatic N) is 4. The first kappa shape index (κ1) is 22.0. The number of carboxylic acids is 1. The molecule has 2 aromatic carbocycles. The molecule has 30 heavy (non-hydrogen) atoms. The summed E-state index contributed by atoms with van der Waals surface area (Å²) in [6.45, 7) is 0.813. The van der Waals surface area contributed by atoms with E-state index in [1.165, 1.54) is 11.3 Å². The van der Waals surface area contributed by atoms with Gasteiger partial charge >= 0.3 is 5.97 Å². The van der Waals surface area contributed by atoms with E-state index in [-0.39, 0.29) is 5.56 Å². The van der Waals surface area contributed by atoms with Gasteiger partial charge in [0.2, 0.25) is 5.13 Å². The van der Waals surface area contributed by atoms with Crippen molar-refractivity contribution in [3.05, 3.63) is 69.6 Å². The molecule has 8 heteroatoms. The molecule has 1 heterocycles. The molecule has 0 fully saturated rings. The molecule has 3 aromatic rings. The molecule has 0 saturated heterocycles. The molecule has 1 N–H and O–H groups in total. The van der Waals surface area contributed by atoms with Crippen molar-refractivity contribution in [2.24, 2.45) is 5.10 Å². The molecule has 0 radical (unpaired) electrons. The van der Waals surface area contributed by atoms with Crippen molar-refractivity contribution in [3.8, 4) is 11.3 Å². The zero-order valence-electron chi connectivity index (χ0n) is 17.0. The Morgan fingerprint density at radius 3 is 2.67 bits per heavy atom. The lowest BCUT2D eigenvalue weighted by Gasteiger charge is -2.14. The van der Waals surface area contributed by atoms with Crippen molar-refractivity contribution < 1.29 is 9.90 Å². The second-order valence-electron chi connectivity index (χ2n) is 7.00. The molecule has 1 aromatic heterocycles. The van der Waals surface area contributed by atoms with E-state index in [0.717, 1.165) is 29.8 Å². The quantitative estimate of drug-likeness (QED) is 0.403. The SMILES string of the molecule is CN(C)CCc1cccc(C(=O)O)c1/C=N/N(C)c1nc(-c2ccccc2Cl)cs1. The number of thiazole rings is 1. The number of rotatable bonds is 8. The van der Waals surface area contributed by atoms with Gasteiger partial charge in [-0.15, -0.1) is 11.3 Å². The summed E-state index contributed by atoms with van der Waals surface area (Å²) in [5, 5.41) is 19.0. The fourth-order valence-electron chi connectivity index (χ4n) is 2.91. The number of benzene rings is 2. The first-order valence-electron chi connectivity index (χ1n) is 9.35. The summed E-state index contributed by atoms with van der Waals surface area (Å²) >= 11 is 7.71. The molecule has 0 unspecified atom stereocenters. The topological polar surface area (TPSA) is 69.0 Å². The largest absolute Gasteiger partial charge is 0.478 e. The van der Waals surface area contributed by atoms with Crippen molar-refractivity contribution in [2.75, 3.05) is 32.7 Å². The minimum atomic E-state index is -0.971. The van der Waals surface area contributed by atoms with Gasteiger partial charge in [-0.1, -0.05) is 41.9 Å². The number of hydrogen-bond acceptors (Lipinski definition) is 6. The monoisotopic (exact) mass is 442 g/mol. The van der Waals surface area contributed by atoms with Gasteiger partial charge in [-0.3, -0.25) is 0 Å². The molecule has 0 bridgehead atoms.